The lowest BCUT2D eigenvalue weighted by molar-refractivity contribution is 0.0974. The summed E-state index contributed by atoms with van der Waals surface area (Å²) >= 11 is 0. The van der Waals surface area contributed by atoms with E-state index in [-0.39, 0.29) is 28.6 Å². The fraction of sp³-hybridized carbons (Fsp3) is 0.133. The van der Waals surface area contributed by atoms with E-state index in [4.69, 9.17) is 10.2 Å². The van der Waals surface area contributed by atoms with Crippen LogP contribution in [0.15, 0.2) is 34.7 Å². The summed E-state index contributed by atoms with van der Waals surface area (Å²) in [5.41, 5.74) is 5.65. The summed E-state index contributed by atoms with van der Waals surface area (Å²) in [6.07, 6.45) is 0. The lowest BCUT2D eigenvalue weighted by Gasteiger charge is -2.03. The average Bonchev–Trinajstić information content (AvgIpc) is 2.76. The Kier molecular flexibility index (Phi) is 3.89. The van der Waals surface area contributed by atoms with E-state index < -0.39 is 11.8 Å². The number of aryl methyl sites for hydroxylation is 1. The smallest absolute Gasteiger partial charge is 0.257 e. The van der Waals surface area contributed by atoms with E-state index in [0.29, 0.717) is 5.56 Å². The fourth-order valence-electron chi connectivity index (χ4n) is 2.06. The number of ketones is 1. The van der Waals surface area contributed by atoms with E-state index >= 15 is 0 Å². The molecule has 0 radical (unpaired) electrons. The largest absolute Gasteiger partial charge is 0.444 e. The van der Waals surface area contributed by atoms with E-state index in [9.17, 15) is 14.4 Å². The number of Topliss-reactive ketones (excluding diaryl/α,β-unsaturated/α-hetero) is 1. The summed E-state index contributed by atoms with van der Waals surface area (Å²) in [5, 5.41) is 2.47. The summed E-state index contributed by atoms with van der Waals surface area (Å²) in [7, 11) is 0. The molecular weight excluding hydrogens is 272 g/mol. The summed E-state index contributed by atoms with van der Waals surface area (Å²) in [4.78, 5) is 35.2. The number of carbonyl (C=O) groups is 3. The van der Waals surface area contributed by atoms with Gasteiger partial charge >= 0.3 is 0 Å². The third-order valence-corrected chi connectivity index (χ3v) is 2.95. The molecule has 0 saturated carbocycles. The summed E-state index contributed by atoms with van der Waals surface area (Å²) in [6.45, 7) is 2.83. The predicted octanol–water partition coefficient (Wildman–Crippen LogP) is 2.14. The number of carbonyl (C=O) groups excluding carboxylic acids is 3. The minimum atomic E-state index is -0.833. The molecule has 21 heavy (non-hydrogen) atoms. The summed E-state index contributed by atoms with van der Waals surface area (Å²) in [5.74, 6) is -1.52. The molecule has 0 fully saturated rings. The molecule has 2 aromatic rings. The molecule has 1 aromatic carbocycles. The van der Waals surface area contributed by atoms with Crippen LogP contribution in [-0.2, 0) is 0 Å². The maximum absolute atomic E-state index is 12.1. The van der Waals surface area contributed by atoms with Crippen molar-refractivity contribution < 1.29 is 18.8 Å². The van der Waals surface area contributed by atoms with Crippen molar-refractivity contribution in [1.29, 1.82) is 0 Å². The molecule has 0 unspecified atom stereocenters. The molecule has 1 aromatic heterocycles. The highest BCUT2D eigenvalue weighted by molar-refractivity contribution is 6.13. The molecule has 6 heteroatoms. The van der Waals surface area contributed by atoms with Gasteiger partial charge in [0.1, 0.15) is 11.3 Å². The van der Waals surface area contributed by atoms with Gasteiger partial charge in [0.25, 0.3) is 11.8 Å². The first-order valence-electron chi connectivity index (χ1n) is 6.22. The predicted molar refractivity (Wildman–Crippen MR) is 76.4 cm³/mol. The van der Waals surface area contributed by atoms with Gasteiger partial charge in [-0.15, -0.1) is 0 Å². The Bertz CT molecular complexity index is 717. The van der Waals surface area contributed by atoms with Crippen molar-refractivity contribution >= 4 is 23.5 Å². The van der Waals surface area contributed by atoms with Gasteiger partial charge in [-0.25, -0.2) is 0 Å². The first kappa shape index (κ1) is 14.5. The molecule has 0 spiro atoms. The Morgan fingerprint density at radius 1 is 1.10 bits per heavy atom. The number of rotatable bonds is 4. The van der Waals surface area contributed by atoms with Crippen LogP contribution < -0.4 is 11.1 Å². The maximum atomic E-state index is 12.1. The zero-order chi connectivity index (χ0) is 15.6. The molecule has 0 atom stereocenters. The molecule has 2 amide bonds. The number of furan rings is 1. The monoisotopic (exact) mass is 286 g/mol. The van der Waals surface area contributed by atoms with Gasteiger partial charge < -0.3 is 10.2 Å². The van der Waals surface area contributed by atoms with Gasteiger partial charge in [-0.05, 0) is 26.0 Å². The van der Waals surface area contributed by atoms with Crippen molar-refractivity contribution in [2.75, 3.05) is 5.32 Å². The van der Waals surface area contributed by atoms with Crippen LogP contribution in [0.25, 0.3) is 0 Å². The SMILES string of the molecule is CC(=O)c1c(C)oc(NC(=O)c2ccccc2)c1C(N)=O. The van der Waals surface area contributed by atoms with Crippen molar-refractivity contribution in [1.82, 2.24) is 0 Å². The second-order valence-corrected chi connectivity index (χ2v) is 4.48. The molecule has 0 saturated heterocycles. The van der Waals surface area contributed by atoms with Gasteiger partial charge in [-0.1, -0.05) is 18.2 Å². The van der Waals surface area contributed by atoms with Crippen LogP contribution in [0.5, 0.6) is 0 Å². The third kappa shape index (κ3) is 2.84. The minimum Gasteiger partial charge on any atom is -0.444 e. The maximum Gasteiger partial charge on any atom is 0.257 e. The van der Waals surface area contributed by atoms with Crippen LogP contribution in [0.1, 0.15) is 43.8 Å². The molecule has 108 valence electrons. The van der Waals surface area contributed by atoms with Crippen LogP contribution in [-0.4, -0.2) is 17.6 Å². The number of amides is 2. The van der Waals surface area contributed by atoms with Crippen molar-refractivity contribution in [2.24, 2.45) is 5.73 Å². The molecule has 3 N–H and O–H groups in total. The van der Waals surface area contributed by atoms with Crippen molar-refractivity contribution in [3.8, 4) is 0 Å². The van der Waals surface area contributed by atoms with Crippen molar-refractivity contribution in [3.63, 3.8) is 0 Å². The van der Waals surface area contributed by atoms with Crippen molar-refractivity contribution in [2.45, 2.75) is 13.8 Å². The number of anilines is 1. The van der Waals surface area contributed by atoms with Gasteiger partial charge in [0.15, 0.2) is 5.78 Å². The molecule has 1 heterocycles. The summed E-state index contributed by atoms with van der Waals surface area (Å²) in [6, 6.07) is 8.41. The van der Waals surface area contributed by atoms with Crippen LogP contribution in [0.4, 0.5) is 5.88 Å². The van der Waals surface area contributed by atoms with Crippen molar-refractivity contribution in [3.05, 3.63) is 52.8 Å². The topological polar surface area (TPSA) is 102 Å². The molecule has 0 aliphatic heterocycles. The number of hydrogen-bond donors (Lipinski definition) is 2. The highest BCUT2D eigenvalue weighted by Gasteiger charge is 2.26. The quantitative estimate of drug-likeness (QED) is 0.840. The second-order valence-electron chi connectivity index (χ2n) is 4.48. The number of nitrogens with one attached hydrogen (secondary N) is 1. The number of nitrogens with two attached hydrogens (primary N) is 1. The molecule has 2 rings (SSSR count). The molecular formula is C15H14N2O4. The molecule has 6 nitrogen and oxygen atoms in total. The Hall–Kier alpha value is -2.89. The Labute approximate surface area is 120 Å². The van der Waals surface area contributed by atoms with Gasteiger partial charge in [0.2, 0.25) is 5.88 Å². The van der Waals surface area contributed by atoms with Gasteiger partial charge in [0, 0.05) is 5.56 Å². The van der Waals surface area contributed by atoms with Gasteiger partial charge in [-0.2, -0.15) is 0 Å². The van der Waals surface area contributed by atoms with E-state index in [1.165, 1.54) is 13.8 Å². The van der Waals surface area contributed by atoms with E-state index in [1.807, 2.05) is 0 Å². The van der Waals surface area contributed by atoms with Crippen LogP contribution in [0.3, 0.4) is 0 Å². The second kappa shape index (κ2) is 5.62. The van der Waals surface area contributed by atoms with Gasteiger partial charge in [0.05, 0.1) is 5.56 Å². The normalized spacial score (nSPS) is 10.2. The minimum absolute atomic E-state index is 0.0888. The molecule has 0 aliphatic carbocycles. The first-order chi connectivity index (χ1) is 9.91. The van der Waals surface area contributed by atoms with E-state index in [2.05, 4.69) is 5.32 Å². The first-order valence-corrected chi connectivity index (χ1v) is 6.22. The molecule has 0 aliphatic rings. The average molecular weight is 286 g/mol. The van der Waals surface area contributed by atoms with E-state index in [1.54, 1.807) is 30.3 Å². The zero-order valence-electron chi connectivity index (χ0n) is 11.6. The third-order valence-electron chi connectivity index (χ3n) is 2.95. The van der Waals surface area contributed by atoms with Crippen LogP contribution in [0, 0.1) is 6.92 Å². The lowest BCUT2D eigenvalue weighted by atomic mass is 10.1. The van der Waals surface area contributed by atoms with Gasteiger partial charge in [-0.3, -0.25) is 19.7 Å². The Balaban J connectivity index is 2.41. The number of benzene rings is 1. The standard InChI is InChI=1S/C15H14N2O4/c1-8(18)11-9(2)21-15(12(11)13(16)19)17-14(20)10-6-4-3-5-7-10/h3-7H,1-2H3,(H2,16,19)(H,17,20). The van der Waals surface area contributed by atoms with Crippen LogP contribution >= 0.6 is 0 Å². The lowest BCUT2D eigenvalue weighted by Crippen LogP contribution is -2.19. The van der Waals surface area contributed by atoms with Crippen LogP contribution in [0.2, 0.25) is 0 Å². The van der Waals surface area contributed by atoms with E-state index in [0.717, 1.165) is 0 Å². The summed E-state index contributed by atoms with van der Waals surface area (Å²) < 4.78 is 5.31. The number of hydrogen-bond acceptors (Lipinski definition) is 4. The fourth-order valence-corrected chi connectivity index (χ4v) is 2.06. The highest BCUT2D eigenvalue weighted by atomic mass is 16.4. The molecule has 0 bridgehead atoms. The number of primary amides is 1. The zero-order valence-corrected chi connectivity index (χ0v) is 11.6. The Morgan fingerprint density at radius 2 is 1.71 bits per heavy atom. The Morgan fingerprint density at radius 3 is 2.24 bits per heavy atom. The highest BCUT2D eigenvalue weighted by Crippen LogP contribution is 2.27.